The third kappa shape index (κ3) is 5.64. The summed E-state index contributed by atoms with van der Waals surface area (Å²) in [5, 5.41) is -0.520. The van der Waals surface area contributed by atoms with E-state index < -0.39 is 10.9 Å². The molecule has 0 radical (unpaired) electrons. The Labute approximate surface area is 199 Å². The maximum atomic E-state index is 12.8. The van der Waals surface area contributed by atoms with Gasteiger partial charge in [0.15, 0.2) is 0 Å². The Morgan fingerprint density at radius 3 is 2.23 bits per heavy atom. The van der Waals surface area contributed by atoms with Crippen LogP contribution in [-0.2, 0) is 14.3 Å². The van der Waals surface area contributed by atoms with Gasteiger partial charge < -0.3 is 14.5 Å². The highest BCUT2D eigenvalue weighted by Crippen LogP contribution is 2.31. The first-order chi connectivity index (χ1) is 14.0. The van der Waals surface area contributed by atoms with E-state index in [9.17, 15) is 14.4 Å². The van der Waals surface area contributed by atoms with Crippen LogP contribution in [-0.4, -0.2) is 69.1 Å². The van der Waals surface area contributed by atoms with Crippen molar-refractivity contribution < 1.29 is 19.1 Å². The van der Waals surface area contributed by atoms with Gasteiger partial charge in [-0.3, -0.25) is 9.59 Å². The van der Waals surface area contributed by atoms with Crippen LogP contribution < -0.4 is 4.90 Å². The van der Waals surface area contributed by atoms with Gasteiger partial charge in [-0.15, -0.1) is 0 Å². The summed E-state index contributed by atoms with van der Waals surface area (Å²) in [6.45, 7) is 7.66. The summed E-state index contributed by atoms with van der Waals surface area (Å²) in [5.74, 6) is -0.447. The van der Waals surface area contributed by atoms with Crippen molar-refractivity contribution in [2.45, 2.75) is 38.0 Å². The minimum absolute atomic E-state index is 0.132. The lowest BCUT2D eigenvalue weighted by Crippen LogP contribution is -2.51. The van der Waals surface area contributed by atoms with Gasteiger partial charge in [-0.1, -0.05) is 24.0 Å². The Bertz CT molecular complexity index is 849. The summed E-state index contributed by atoms with van der Waals surface area (Å²) >= 11 is 8.97. The van der Waals surface area contributed by atoms with Gasteiger partial charge in [0.05, 0.1) is 5.69 Å². The number of ether oxygens (including phenoxy) is 1. The fourth-order valence-corrected chi connectivity index (χ4v) is 5.05. The van der Waals surface area contributed by atoms with E-state index in [0.717, 1.165) is 3.57 Å². The van der Waals surface area contributed by atoms with Crippen molar-refractivity contribution in [3.63, 3.8) is 0 Å². The molecule has 2 fully saturated rings. The number of carbonyl (C=O) groups excluding carboxylic acids is 3. The van der Waals surface area contributed by atoms with Gasteiger partial charge in [-0.25, -0.2) is 9.69 Å². The summed E-state index contributed by atoms with van der Waals surface area (Å²) in [6, 6.07) is 7.29. The Morgan fingerprint density at radius 1 is 1.10 bits per heavy atom. The summed E-state index contributed by atoms with van der Waals surface area (Å²) in [4.78, 5) is 42.4. The van der Waals surface area contributed by atoms with E-state index in [2.05, 4.69) is 22.6 Å². The van der Waals surface area contributed by atoms with E-state index in [0.29, 0.717) is 36.2 Å². The second-order valence-electron chi connectivity index (χ2n) is 8.07. The van der Waals surface area contributed by atoms with Crippen molar-refractivity contribution in [1.29, 1.82) is 0 Å². The van der Waals surface area contributed by atoms with E-state index in [1.54, 1.807) is 17.0 Å². The van der Waals surface area contributed by atoms with Gasteiger partial charge in [0.2, 0.25) is 11.8 Å². The Morgan fingerprint density at radius 2 is 1.67 bits per heavy atom. The van der Waals surface area contributed by atoms with Crippen molar-refractivity contribution >= 4 is 74.5 Å². The molecule has 1 aromatic carbocycles. The molecule has 2 heterocycles. The van der Waals surface area contributed by atoms with Crippen LogP contribution in [0.1, 0.15) is 27.2 Å². The van der Waals surface area contributed by atoms with E-state index in [1.807, 2.05) is 37.8 Å². The van der Waals surface area contributed by atoms with Crippen LogP contribution in [0.25, 0.3) is 0 Å². The molecule has 2 saturated heterocycles. The third-order valence-corrected chi connectivity index (χ3v) is 7.00. The number of hydrogen-bond acceptors (Lipinski definition) is 6. The van der Waals surface area contributed by atoms with Crippen LogP contribution in [0, 0.1) is 3.57 Å². The Hall–Kier alpha value is -1.40. The molecule has 0 saturated carbocycles. The molecule has 1 aromatic rings. The molecule has 0 N–H and O–H groups in total. The number of amides is 3. The van der Waals surface area contributed by atoms with E-state index in [4.69, 9.17) is 17.0 Å². The lowest BCUT2D eigenvalue weighted by atomic mass is 10.2. The fraction of sp³-hybridized carbons (Fsp3) is 0.500. The van der Waals surface area contributed by atoms with E-state index in [1.165, 1.54) is 16.7 Å². The second kappa shape index (κ2) is 9.39. The fourth-order valence-electron chi connectivity index (χ4n) is 3.15. The lowest BCUT2D eigenvalue weighted by Gasteiger charge is -2.36. The molecule has 10 heteroatoms. The molecule has 30 heavy (non-hydrogen) atoms. The number of piperazine rings is 1. The predicted molar refractivity (Wildman–Crippen MR) is 130 cm³/mol. The molecule has 0 unspecified atom stereocenters. The van der Waals surface area contributed by atoms with Crippen LogP contribution in [0.2, 0.25) is 0 Å². The third-order valence-electron chi connectivity index (χ3n) is 4.62. The molecule has 7 nitrogen and oxygen atoms in total. The number of thioether (sulfide) groups is 1. The zero-order valence-corrected chi connectivity index (χ0v) is 20.9. The Balaban J connectivity index is 1.54. The molecule has 0 bridgehead atoms. The summed E-state index contributed by atoms with van der Waals surface area (Å²) in [7, 11) is 0. The second-order valence-corrected chi connectivity index (χ2v) is 11.2. The average molecular weight is 561 g/mol. The van der Waals surface area contributed by atoms with Crippen molar-refractivity contribution in [2.75, 3.05) is 31.1 Å². The monoisotopic (exact) mass is 561 g/mol. The molecule has 1 atom stereocenters. The van der Waals surface area contributed by atoms with E-state index >= 15 is 0 Å². The molecule has 3 amide bonds. The van der Waals surface area contributed by atoms with E-state index in [-0.39, 0.29) is 24.3 Å². The van der Waals surface area contributed by atoms with Crippen LogP contribution in [0.15, 0.2) is 24.3 Å². The Kier molecular flexibility index (Phi) is 7.28. The number of carbonyl (C=O) groups is 3. The molecule has 162 valence electrons. The quantitative estimate of drug-likeness (QED) is 0.311. The molecular weight excluding hydrogens is 537 g/mol. The van der Waals surface area contributed by atoms with Crippen LogP contribution in [0.5, 0.6) is 0 Å². The number of halogens is 1. The van der Waals surface area contributed by atoms with Crippen molar-refractivity contribution in [2.24, 2.45) is 0 Å². The molecule has 2 aliphatic rings. The predicted octanol–water partition coefficient (Wildman–Crippen LogP) is 3.49. The van der Waals surface area contributed by atoms with Gasteiger partial charge in [-0.2, -0.15) is 0 Å². The average Bonchev–Trinajstić information content (AvgIpc) is 2.94. The van der Waals surface area contributed by atoms with Crippen molar-refractivity contribution in [3.05, 3.63) is 27.8 Å². The zero-order valence-electron chi connectivity index (χ0n) is 17.1. The normalized spacial score (nSPS) is 20.0. The molecular formula is C20H24IN3O4S2. The first-order valence-corrected chi connectivity index (χ1v) is 12.0. The maximum Gasteiger partial charge on any atom is 0.410 e. The first-order valence-electron chi connectivity index (χ1n) is 9.61. The minimum atomic E-state index is -0.530. The highest BCUT2D eigenvalue weighted by atomic mass is 127. The van der Waals surface area contributed by atoms with Crippen molar-refractivity contribution in [3.8, 4) is 0 Å². The molecule has 2 aliphatic heterocycles. The summed E-state index contributed by atoms with van der Waals surface area (Å²) < 4.78 is 7.02. The van der Waals surface area contributed by atoms with Crippen LogP contribution in [0.4, 0.5) is 10.5 Å². The standard InChI is InChI=1S/C20H24IN3O4S2/c1-20(2,3)28-18(27)22-8-10-23(11-9-22)19(29)30-15-12-16(25)24(17(15)26)14-6-4-13(21)5-7-14/h4-7,15H,8-12H2,1-3H3/t15-/m0/s1. The molecule has 0 spiro atoms. The smallest absolute Gasteiger partial charge is 0.410 e. The van der Waals surface area contributed by atoms with Crippen molar-refractivity contribution in [1.82, 2.24) is 9.80 Å². The van der Waals surface area contributed by atoms with Gasteiger partial charge >= 0.3 is 6.09 Å². The molecule has 0 aliphatic carbocycles. The van der Waals surface area contributed by atoms with Gasteiger partial charge in [0, 0.05) is 36.2 Å². The van der Waals surface area contributed by atoms with Gasteiger partial charge in [0.25, 0.3) is 0 Å². The molecule has 0 aromatic heterocycles. The van der Waals surface area contributed by atoms with Crippen LogP contribution >= 0.6 is 46.6 Å². The number of benzene rings is 1. The summed E-state index contributed by atoms with van der Waals surface area (Å²) in [5.41, 5.74) is 0.0582. The molecule has 3 rings (SSSR count). The highest BCUT2D eigenvalue weighted by molar-refractivity contribution is 14.1. The number of imide groups is 1. The number of anilines is 1. The number of thiocarbonyl (C=S) groups is 1. The maximum absolute atomic E-state index is 12.8. The summed E-state index contributed by atoms with van der Waals surface area (Å²) in [6.07, 6.45) is -0.196. The highest BCUT2D eigenvalue weighted by Gasteiger charge is 2.41. The topological polar surface area (TPSA) is 70.2 Å². The number of rotatable bonds is 2. The van der Waals surface area contributed by atoms with Gasteiger partial charge in [0.1, 0.15) is 15.2 Å². The lowest BCUT2D eigenvalue weighted by molar-refractivity contribution is -0.121. The zero-order chi connectivity index (χ0) is 22.1. The number of hydrogen-bond donors (Lipinski definition) is 0. The number of nitrogens with zero attached hydrogens (tertiary/aromatic N) is 3. The van der Waals surface area contributed by atoms with Gasteiger partial charge in [-0.05, 0) is 67.6 Å². The largest absolute Gasteiger partial charge is 0.444 e. The minimum Gasteiger partial charge on any atom is -0.444 e. The SMILES string of the molecule is CC(C)(C)OC(=O)N1CCN(C(=S)S[C@H]2CC(=O)N(c3ccc(I)cc3)C2=O)CC1. The van der Waals surface area contributed by atoms with Crippen LogP contribution in [0.3, 0.4) is 0 Å². The first kappa shape index (κ1) is 23.3.